The van der Waals surface area contributed by atoms with Crippen LogP contribution in [-0.4, -0.2) is 37.2 Å². The summed E-state index contributed by atoms with van der Waals surface area (Å²) in [5, 5.41) is 2.13. The first-order valence-corrected chi connectivity index (χ1v) is 15.5. The minimum Gasteiger partial charge on any atom is -0.296 e. The van der Waals surface area contributed by atoms with Crippen molar-refractivity contribution in [3.05, 3.63) is 59.2 Å². The van der Waals surface area contributed by atoms with Gasteiger partial charge in [-0.3, -0.25) is 9.14 Å². The van der Waals surface area contributed by atoms with E-state index in [1.165, 1.54) is 0 Å². The molecule has 210 valence electrons. The van der Waals surface area contributed by atoms with E-state index in [9.17, 15) is 8.42 Å². The van der Waals surface area contributed by atoms with Crippen molar-refractivity contribution in [2.24, 2.45) is 0 Å². The number of nitrogens with zero attached hydrogens (tertiary/aromatic N) is 2. The fourth-order valence-corrected chi connectivity index (χ4v) is 7.84. The van der Waals surface area contributed by atoms with Gasteiger partial charge in [-0.2, -0.15) is 5.06 Å². The van der Waals surface area contributed by atoms with Gasteiger partial charge in [-0.25, -0.2) is 8.42 Å². The normalized spacial score (nSPS) is 21.9. The zero-order valence-electron chi connectivity index (χ0n) is 25.2. The van der Waals surface area contributed by atoms with Gasteiger partial charge in [0.15, 0.2) is 0 Å². The van der Waals surface area contributed by atoms with Crippen molar-refractivity contribution in [3.63, 3.8) is 0 Å². The first kappa shape index (κ1) is 29.1. The molecular weight excluding hydrogens is 492 g/mol. The third kappa shape index (κ3) is 5.55. The van der Waals surface area contributed by atoms with E-state index in [0.717, 1.165) is 41.6 Å². The zero-order valence-corrected chi connectivity index (χ0v) is 26.0. The predicted octanol–water partition coefficient (Wildman–Crippen LogP) is 7.38. The molecule has 2 aliphatic heterocycles. The van der Waals surface area contributed by atoms with Gasteiger partial charge in [0.2, 0.25) is 0 Å². The number of fused-ring (bicyclic) bond motifs is 1. The molecule has 6 heteroatoms. The average molecular weight is 541 g/mol. The Morgan fingerprint density at radius 3 is 1.92 bits per heavy atom. The molecule has 2 heterocycles. The summed E-state index contributed by atoms with van der Waals surface area (Å²) in [4.78, 5) is 6.93. The van der Waals surface area contributed by atoms with Crippen molar-refractivity contribution in [2.75, 3.05) is 10.9 Å². The van der Waals surface area contributed by atoms with E-state index in [0.29, 0.717) is 17.9 Å². The number of sulfonamides is 1. The third-order valence-corrected chi connectivity index (χ3v) is 10.1. The van der Waals surface area contributed by atoms with Crippen LogP contribution >= 0.6 is 0 Å². The van der Waals surface area contributed by atoms with Gasteiger partial charge in [-0.1, -0.05) is 65.8 Å². The summed E-state index contributed by atoms with van der Waals surface area (Å²) in [6.45, 7) is 22.0. The van der Waals surface area contributed by atoms with Crippen molar-refractivity contribution in [1.82, 2.24) is 5.06 Å². The maximum absolute atomic E-state index is 14.5. The molecule has 0 radical (unpaired) electrons. The predicted molar refractivity (Wildman–Crippen MR) is 157 cm³/mol. The maximum atomic E-state index is 14.5. The Labute approximate surface area is 231 Å². The molecule has 0 spiro atoms. The Bertz CT molecular complexity index is 1230. The molecule has 1 atom stereocenters. The number of hydrogen-bond acceptors (Lipinski definition) is 4. The number of anilines is 1. The second-order valence-electron chi connectivity index (χ2n) is 14.6. The molecule has 1 fully saturated rings. The summed E-state index contributed by atoms with van der Waals surface area (Å²) in [6, 6.07) is 13.5. The van der Waals surface area contributed by atoms with Crippen LogP contribution in [0, 0.1) is 0 Å². The van der Waals surface area contributed by atoms with E-state index in [4.69, 9.17) is 4.84 Å². The Morgan fingerprint density at radius 1 is 0.868 bits per heavy atom. The van der Waals surface area contributed by atoms with E-state index >= 15 is 0 Å². The summed E-state index contributed by atoms with van der Waals surface area (Å²) in [5.41, 5.74) is 3.28. The molecule has 1 saturated heterocycles. The standard InChI is InChI=1S/C32H48N2O3S/c1-29(2,3)24-19-25(30(4,5)6)21-27(20-24)38(35,36)33-26(18-23-14-11-12-15-28(23)33)22-37-34-31(7,8)16-13-17-32(34,9)10/h11-12,14-15,19-21,26H,13,16-18,22H2,1-10H3/t26-/m0/s1. The Morgan fingerprint density at radius 2 is 1.39 bits per heavy atom. The number of piperidine rings is 1. The number of hydroxylamine groups is 2. The smallest absolute Gasteiger partial charge is 0.264 e. The molecular formula is C32H48N2O3S. The first-order valence-electron chi connectivity index (χ1n) is 14.1. The Balaban J connectivity index is 1.76. The Hall–Kier alpha value is -1.89. The van der Waals surface area contributed by atoms with Gasteiger partial charge < -0.3 is 0 Å². The lowest BCUT2D eigenvalue weighted by Gasteiger charge is -2.51. The second-order valence-corrected chi connectivity index (χ2v) is 16.4. The van der Waals surface area contributed by atoms with E-state index in [2.05, 4.69) is 80.4 Å². The van der Waals surface area contributed by atoms with E-state index in [-0.39, 0.29) is 27.9 Å². The molecule has 0 amide bonds. The second kappa shape index (κ2) is 9.64. The van der Waals surface area contributed by atoms with Crippen molar-refractivity contribution in [3.8, 4) is 0 Å². The Kier molecular flexibility index (Phi) is 7.38. The van der Waals surface area contributed by atoms with Gasteiger partial charge in [0.1, 0.15) is 0 Å². The molecule has 0 N–H and O–H groups in total. The molecule has 38 heavy (non-hydrogen) atoms. The quantitative estimate of drug-likeness (QED) is 0.397. The molecule has 2 aliphatic rings. The van der Waals surface area contributed by atoms with Crippen molar-refractivity contribution >= 4 is 15.7 Å². The monoisotopic (exact) mass is 540 g/mol. The van der Waals surface area contributed by atoms with Gasteiger partial charge in [0, 0.05) is 11.1 Å². The van der Waals surface area contributed by atoms with Crippen molar-refractivity contribution in [1.29, 1.82) is 0 Å². The lowest BCUT2D eigenvalue weighted by Crippen LogP contribution is -2.59. The number of benzene rings is 2. The topological polar surface area (TPSA) is 49.9 Å². The maximum Gasteiger partial charge on any atom is 0.264 e. The highest BCUT2D eigenvalue weighted by Crippen LogP contribution is 2.42. The lowest BCUT2D eigenvalue weighted by molar-refractivity contribution is -0.282. The molecule has 0 bridgehead atoms. The number of rotatable bonds is 5. The van der Waals surface area contributed by atoms with E-state index in [1.807, 2.05) is 36.4 Å². The van der Waals surface area contributed by atoms with E-state index < -0.39 is 10.0 Å². The van der Waals surface area contributed by atoms with Gasteiger partial charge in [0.05, 0.1) is 23.2 Å². The van der Waals surface area contributed by atoms with Crippen LogP contribution in [0.2, 0.25) is 0 Å². The van der Waals surface area contributed by atoms with Crippen molar-refractivity contribution in [2.45, 2.75) is 128 Å². The number of para-hydroxylation sites is 1. The molecule has 0 aliphatic carbocycles. The average Bonchev–Trinajstić information content (AvgIpc) is 3.15. The SMILES string of the molecule is CC(C)(C)c1cc(C(C)(C)C)cc(S(=O)(=O)N2c3ccccc3C[C@H]2CON2C(C)(C)CCCC2(C)C)c1. The van der Waals surface area contributed by atoms with Gasteiger partial charge >= 0.3 is 0 Å². The van der Waals surface area contributed by atoms with Crippen LogP contribution in [0.3, 0.4) is 0 Å². The van der Waals surface area contributed by atoms with Crippen LogP contribution in [0.5, 0.6) is 0 Å². The molecule has 0 unspecified atom stereocenters. The highest BCUT2D eigenvalue weighted by molar-refractivity contribution is 7.92. The summed E-state index contributed by atoms with van der Waals surface area (Å²) >= 11 is 0. The molecule has 5 nitrogen and oxygen atoms in total. The fraction of sp³-hybridized carbons (Fsp3) is 0.625. The molecule has 2 aromatic rings. The highest BCUT2D eigenvalue weighted by Gasteiger charge is 2.45. The summed E-state index contributed by atoms with van der Waals surface area (Å²) in [7, 11) is -3.84. The first-order chi connectivity index (χ1) is 17.3. The van der Waals surface area contributed by atoms with Crippen LogP contribution in [0.4, 0.5) is 5.69 Å². The molecule has 4 rings (SSSR count). The van der Waals surface area contributed by atoms with Crippen molar-refractivity contribution < 1.29 is 13.3 Å². The molecule has 2 aromatic carbocycles. The minimum absolute atomic E-state index is 0.112. The van der Waals surface area contributed by atoms with Gasteiger partial charge in [-0.15, -0.1) is 0 Å². The van der Waals surface area contributed by atoms with Gasteiger partial charge in [0.25, 0.3) is 10.0 Å². The van der Waals surface area contributed by atoms with Crippen LogP contribution in [-0.2, 0) is 32.1 Å². The zero-order chi connectivity index (χ0) is 28.3. The molecule has 0 saturated carbocycles. The highest BCUT2D eigenvalue weighted by atomic mass is 32.2. The number of hydrogen-bond donors (Lipinski definition) is 0. The third-order valence-electron chi connectivity index (χ3n) is 8.28. The largest absolute Gasteiger partial charge is 0.296 e. The van der Waals surface area contributed by atoms with Crippen LogP contribution in [0.1, 0.15) is 105 Å². The summed E-state index contributed by atoms with van der Waals surface area (Å²) in [6.07, 6.45) is 3.90. The van der Waals surface area contributed by atoms with Gasteiger partial charge in [-0.05, 0) is 99.1 Å². The van der Waals surface area contributed by atoms with E-state index in [1.54, 1.807) is 4.31 Å². The van der Waals surface area contributed by atoms with Crippen LogP contribution in [0.25, 0.3) is 0 Å². The summed E-state index contributed by atoms with van der Waals surface area (Å²) in [5.74, 6) is 0. The minimum atomic E-state index is -3.84. The van der Waals surface area contributed by atoms with Crippen LogP contribution in [0.15, 0.2) is 47.4 Å². The lowest BCUT2D eigenvalue weighted by atomic mass is 9.81. The van der Waals surface area contributed by atoms with Crippen LogP contribution < -0.4 is 4.31 Å². The summed E-state index contributed by atoms with van der Waals surface area (Å²) < 4.78 is 30.7. The fourth-order valence-electron chi connectivity index (χ4n) is 6.10. The molecule has 0 aromatic heterocycles.